The van der Waals surface area contributed by atoms with E-state index < -0.39 is 0 Å². The molecule has 210 valence electrons. The van der Waals surface area contributed by atoms with Crippen molar-refractivity contribution in [3.05, 3.63) is 177 Å². The van der Waals surface area contributed by atoms with Gasteiger partial charge in [-0.25, -0.2) is 0 Å². The maximum atomic E-state index is 9.57. The summed E-state index contributed by atoms with van der Waals surface area (Å²) in [6.07, 6.45) is 0. The highest BCUT2D eigenvalue weighted by molar-refractivity contribution is 5.51. The Hall–Kier alpha value is -6.45. The van der Waals surface area contributed by atoms with E-state index in [0.717, 1.165) is 27.8 Å². The molecule has 0 unspecified atom stereocenters. The van der Waals surface area contributed by atoms with Crippen LogP contribution in [0.3, 0.4) is 0 Å². The summed E-state index contributed by atoms with van der Waals surface area (Å²) < 4.78 is 0. The zero-order chi connectivity index (χ0) is 31.3. The van der Waals surface area contributed by atoms with Gasteiger partial charge >= 0.3 is 0 Å². The van der Waals surface area contributed by atoms with Gasteiger partial charge in [0, 0.05) is 0 Å². The zero-order valence-electron chi connectivity index (χ0n) is 24.2. The van der Waals surface area contributed by atoms with Gasteiger partial charge in [0.25, 0.3) is 0 Å². The average Bonchev–Trinajstić information content (AvgIpc) is 3.47. The summed E-state index contributed by atoms with van der Waals surface area (Å²) >= 11 is 0. The molecule has 0 aromatic heterocycles. The predicted octanol–water partition coefficient (Wildman–Crippen LogP) is 8.28. The number of nitriles is 5. The fraction of sp³-hybridized carbons (Fsp3) is 0.125. The number of benzene rings is 5. The fourth-order valence-corrected chi connectivity index (χ4v) is 7.09. The van der Waals surface area contributed by atoms with Crippen LogP contribution in [0.1, 0.15) is 85.2 Å². The lowest BCUT2D eigenvalue weighted by Crippen LogP contribution is -2.14. The number of nitrogens with zero attached hydrogens (tertiary/aromatic N) is 5. The van der Waals surface area contributed by atoms with Gasteiger partial charge in [0.2, 0.25) is 0 Å². The van der Waals surface area contributed by atoms with E-state index in [4.69, 9.17) is 0 Å². The molecule has 5 nitrogen and oxygen atoms in total. The van der Waals surface area contributed by atoms with Gasteiger partial charge in [0.05, 0.1) is 58.2 Å². The quantitative estimate of drug-likeness (QED) is 0.209. The topological polar surface area (TPSA) is 119 Å². The van der Waals surface area contributed by atoms with E-state index in [1.807, 2.05) is 121 Å². The Morgan fingerprint density at radius 2 is 0.378 bits per heavy atom. The summed E-state index contributed by atoms with van der Waals surface area (Å²) in [5.74, 6) is -0.348. The van der Waals surface area contributed by atoms with Crippen LogP contribution in [-0.4, -0.2) is 0 Å². The first kappa shape index (κ1) is 28.7. The van der Waals surface area contributed by atoms with Gasteiger partial charge in [-0.2, -0.15) is 26.3 Å². The summed E-state index contributed by atoms with van der Waals surface area (Å²) in [5, 5.41) is 47.9. The lowest BCUT2D eigenvalue weighted by molar-refractivity contribution is 0.553. The van der Waals surface area contributed by atoms with Crippen LogP contribution in [0, 0.1) is 56.7 Å². The summed E-state index contributed by atoms with van der Waals surface area (Å²) in [5.41, 5.74) is 8.27. The molecule has 6 rings (SSSR count). The van der Waals surface area contributed by atoms with Crippen molar-refractivity contribution in [3.8, 4) is 30.3 Å². The molecule has 5 heteroatoms. The lowest BCUT2D eigenvalue weighted by atomic mass is 9.74. The fourth-order valence-electron chi connectivity index (χ4n) is 7.09. The normalized spacial score (nSPS) is 20.1. The van der Waals surface area contributed by atoms with Crippen molar-refractivity contribution >= 4 is 0 Å². The van der Waals surface area contributed by atoms with Crippen LogP contribution in [0.5, 0.6) is 0 Å². The monoisotopic (exact) mass is 575 g/mol. The Balaban J connectivity index is 1.67. The summed E-state index contributed by atoms with van der Waals surface area (Å²) in [4.78, 5) is 0. The molecule has 1 aliphatic rings. The first-order valence-electron chi connectivity index (χ1n) is 14.6. The third-order valence-corrected chi connectivity index (χ3v) is 9.06. The molecule has 1 saturated carbocycles. The van der Waals surface area contributed by atoms with E-state index in [-0.39, 0.29) is 29.6 Å². The summed E-state index contributed by atoms with van der Waals surface area (Å²) in [7, 11) is 0. The molecule has 0 heterocycles. The molecule has 0 N–H and O–H groups in total. The summed E-state index contributed by atoms with van der Waals surface area (Å²) in [6, 6.07) is 50.1. The van der Waals surface area contributed by atoms with Crippen molar-refractivity contribution in [2.24, 2.45) is 0 Å². The van der Waals surface area contributed by atoms with Crippen molar-refractivity contribution in [3.63, 3.8) is 0 Å². The number of hydrogen-bond donors (Lipinski definition) is 0. The second-order valence-electron chi connectivity index (χ2n) is 11.3. The smallest absolute Gasteiger partial charge is 0.0991 e. The Kier molecular flexibility index (Phi) is 7.91. The van der Waals surface area contributed by atoms with Crippen molar-refractivity contribution < 1.29 is 0 Å². The third-order valence-electron chi connectivity index (χ3n) is 9.06. The molecule has 0 amide bonds. The van der Waals surface area contributed by atoms with Crippen LogP contribution in [0.4, 0.5) is 0 Å². The first-order chi connectivity index (χ1) is 22.1. The second kappa shape index (κ2) is 12.4. The molecule has 0 spiro atoms. The molecule has 0 bridgehead atoms. The van der Waals surface area contributed by atoms with Crippen molar-refractivity contribution in [2.45, 2.75) is 29.6 Å². The molecular weight excluding hydrogens is 550 g/mol. The van der Waals surface area contributed by atoms with Crippen molar-refractivity contribution in [1.82, 2.24) is 0 Å². The van der Waals surface area contributed by atoms with Gasteiger partial charge in [-0.05, 0) is 118 Å². The molecule has 0 aliphatic heterocycles. The van der Waals surface area contributed by atoms with E-state index >= 15 is 0 Å². The highest BCUT2D eigenvalue weighted by atomic mass is 14.6. The van der Waals surface area contributed by atoms with Gasteiger partial charge in [-0.15, -0.1) is 0 Å². The maximum absolute atomic E-state index is 9.57. The summed E-state index contributed by atoms with van der Waals surface area (Å²) in [6.45, 7) is 0. The lowest BCUT2D eigenvalue weighted by Gasteiger charge is -2.28. The van der Waals surface area contributed by atoms with Crippen LogP contribution < -0.4 is 0 Å². The van der Waals surface area contributed by atoms with E-state index in [0.29, 0.717) is 27.8 Å². The standard InChI is InChI=1S/C40H25N5/c41-21-26-1-11-31(12-2-26)36-37(32-13-3-27(22-42)4-14-32)39(34-17-7-29(24-44)8-18-34)40(35-19-9-30(25-45)10-20-35)38(36)33-15-5-28(23-43)6-16-33/h1-20,36-40H. The molecule has 5 aromatic rings. The van der Waals surface area contributed by atoms with Gasteiger partial charge < -0.3 is 0 Å². The predicted molar refractivity (Wildman–Crippen MR) is 169 cm³/mol. The van der Waals surface area contributed by atoms with Crippen LogP contribution in [-0.2, 0) is 0 Å². The molecule has 0 radical (unpaired) electrons. The Morgan fingerprint density at radius 3 is 0.489 bits per heavy atom. The first-order valence-corrected chi connectivity index (χ1v) is 14.6. The number of hydrogen-bond acceptors (Lipinski definition) is 5. The van der Waals surface area contributed by atoms with E-state index in [1.165, 1.54) is 0 Å². The van der Waals surface area contributed by atoms with Gasteiger partial charge in [0.1, 0.15) is 0 Å². The molecular formula is C40H25N5. The molecule has 0 atom stereocenters. The maximum Gasteiger partial charge on any atom is 0.0991 e. The minimum absolute atomic E-state index is 0.0695. The van der Waals surface area contributed by atoms with Crippen molar-refractivity contribution in [1.29, 1.82) is 26.3 Å². The van der Waals surface area contributed by atoms with Crippen LogP contribution in [0.15, 0.2) is 121 Å². The molecule has 1 aliphatic carbocycles. The van der Waals surface area contributed by atoms with Gasteiger partial charge in [-0.1, -0.05) is 60.7 Å². The molecule has 5 aromatic carbocycles. The van der Waals surface area contributed by atoms with Crippen LogP contribution in [0.2, 0.25) is 0 Å². The van der Waals surface area contributed by atoms with Crippen molar-refractivity contribution in [2.75, 3.05) is 0 Å². The largest absolute Gasteiger partial charge is 0.192 e. The molecule has 1 fully saturated rings. The molecule has 45 heavy (non-hydrogen) atoms. The van der Waals surface area contributed by atoms with Crippen LogP contribution in [0.25, 0.3) is 0 Å². The highest BCUT2D eigenvalue weighted by Gasteiger charge is 2.52. The minimum atomic E-state index is -0.0695. The van der Waals surface area contributed by atoms with Gasteiger partial charge in [-0.3, -0.25) is 0 Å². The second-order valence-corrected chi connectivity index (χ2v) is 11.3. The van der Waals surface area contributed by atoms with E-state index in [9.17, 15) is 26.3 Å². The SMILES string of the molecule is N#Cc1ccc(C2C(c3ccc(C#N)cc3)C(c3ccc(C#N)cc3)C(c3ccc(C#N)cc3)C2c2ccc(C#N)cc2)cc1. The van der Waals surface area contributed by atoms with Crippen LogP contribution >= 0.6 is 0 Å². The Labute approximate surface area is 262 Å². The third kappa shape index (κ3) is 5.42. The zero-order valence-corrected chi connectivity index (χ0v) is 24.2. The highest BCUT2D eigenvalue weighted by Crippen LogP contribution is 2.66. The average molecular weight is 576 g/mol. The Bertz CT molecular complexity index is 1680. The van der Waals surface area contributed by atoms with E-state index in [1.54, 1.807) is 0 Å². The molecule has 0 saturated heterocycles. The number of rotatable bonds is 5. The minimum Gasteiger partial charge on any atom is -0.192 e. The Morgan fingerprint density at radius 1 is 0.244 bits per heavy atom. The van der Waals surface area contributed by atoms with Gasteiger partial charge in [0.15, 0.2) is 0 Å². The van der Waals surface area contributed by atoms with E-state index in [2.05, 4.69) is 30.3 Å².